The predicted octanol–water partition coefficient (Wildman–Crippen LogP) is 3.64. The predicted molar refractivity (Wildman–Crippen MR) is 86.9 cm³/mol. The highest BCUT2D eigenvalue weighted by Gasteiger charge is 2.34. The largest absolute Gasteiger partial charge is 0.319 e. The third-order valence-electron chi connectivity index (χ3n) is 4.25. The minimum absolute atomic E-state index is 0.0337. The molecule has 2 atom stereocenters. The van der Waals surface area contributed by atoms with E-state index in [2.05, 4.69) is 57.3 Å². The summed E-state index contributed by atoms with van der Waals surface area (Å²) in [6.45, 7) is 9.23. The first-order valence-corrected chi connectivity index (χ1v) is 8.10. The van der Waals surface area contributed by atoms with Crippen molar-refractivity contribution in [3.63, 3.8) is 0 Å². The van der Waals surface area contributed by atoms with Gasteiger partial charge < -0.3 is 4.90 Å². The van der Waals surface area contributed by atoms with Crippen LogP contribution < -0.4 is 5.32 Å². The first-order valence-electron chi connectivity index (χ1n) is 8.10. The van der Waals surface area contributed by atoms with Crippen molar-refractivity contribution in [2.45, 2.75) is 59.2 Å². The molecule has 1 amide bonds. The summed E-state index contributed by atoms with van der Waals surface area (Å²) in [4.78, 5) is 14.3. The highest BCUT2D eigenvalue weighted by molar-refractivity contribution is 5.81. The summed E-state index contributed by atoms with van der Waals surface area (Å²) in [5.74, 6) is 0.954. The van der Waals surface area contributed by atoms with Crippen molar-refractivity contribution in [2.24, 2.45) is 5.92 Å². The molecule has 21 heavy (non-hydrogen) atoms. The fourth-order valence-corrected chi connectivity index (χ4v) is 3.10. The van der Waals surface area contributed by atoms with Gasteiger partial charge in [-0.05, 0) is 31.7 Å². The van der Waals surface area contributed by atoms with E-state index in [1.807, 2.05) is 4.90 Å². The molecule has 1 aromatic rings. The van der Waals surface area contributed by atoms with Gasteiger partial charge in [0.2, 0.25) is 5.91 Å². The van der Waals surface area contributed by atoms with Crippen LogP contribution in [0.15, 0.2) is 24.3 Å². The third-order valence-corrected chi connectivity index (χ3v) is 4.25. The van der Waals surface area contributed by atoms with Crippen LogP contribution >= 0.6 is 0 Å². The molecule has 0 radical (unpaired) electrons. The number of benzene rings is 1. The Labute approximate surface area is 128 Å². The van der Waals surface area contributed by atoms with E-state index < -0.39 is 0 Å². The lowest BCUT2D eigenvalue weighted by Crippen LogP contribution is -2.38. The second-order valence-corrected chi connectivity index (χ2v) is 6.67. The Morgan fingerprint density at radius 2 is 2.05 bits per heavy atom. The first-order chi connectivity index (χ1) is 9.99. The molecule has 1 aliphatic rings. The second-order valence-electron chi connectivity index (χ2n) is 6.67. The Morgan fingerprint density at radius 3 is 2.71 bits per heavy atom. The van der Waals surface area contributed by atoms with Gasteiger partial charge in [-0.3, -0.25) is 10.1 Å². The van der Waals surface area contributed by atoms with E-state index in [4.69, 9.17) is 0 Å². The number of carbonyl (C=O) groups excluding carboxylic acids is 1. The van der Waals surface area contributed by atoms with Crippen molar-refractivity contribution >= 4 is 5.91 Å². The van der Waals surface area contributed by atoms with Crippen molar-refractivity contribution in [3.8, 4) is 0 Å². The maximum Gasteiger partial charge on any atom is 0.238 e. The van der Waals surface area contributed by atoms with Gasteiger partial charge in [-0.15, -0.1) is 0 Å². The number of hydrogen-bond donors (Lipinski definition) is 1. The number of aryl methyl sites for hydroxylation is 1. The minimum Gasteiger partial charge on any atom is -0.319 e. The first kappa shape index (κ1) is 16.0. The average Bonchev–Trinajstić information content (AvgIpc) is 2.80. The highest BCUT2D eigenvalue weighted by atomic mass is 16.2. The van der Waals surface area contributed by atoms with Crippen molar-refractivity contribution in [1.82, 2.24) is 10.2 Å². The van der Waals surface area contributed by atoms with Gasteiger partial charge in [0.15, 0.2) is 0 Å². The van der Waals surface area contributed by atoms with Crippen LogP contribution in [0.3, 0.4) is 0 Å². The molecule has 3 heteroatoms. The quantitative estimate of drug-likeness (QED) is 0.866. The summed E-state index contributed by atoms with van der Waals surface area (Å²) in [5, 5.41) is 3.36. The van der Waals surface area contributed by atoms with Crippen molar-refractivity contribution in [3.05, 3.63) is 35.4 Å². The third kappa shape index (κ3) is 4.07. The molecule has 0 saturated carbocycles. The SMILES string of the molecule is Cc1cccc(C2NCC(=O)N2C(C)CCCC(C)C)c1. The molecule has 0 spiro atoms. The van der Waals surface area contributed by atoms with E-state index in [-0.39, 0.29) is 18.1 Å². The zero-order valence-corrected chi connectivity index (χ0v) is 13.7. The number of nitrogens with one attached hydrogen (secondary N) is 1. The number of amides is 1. The molecule has 0 aromatic heterocycles. The van der Waals surface area contributed by atoms with E-state index in [1.165, 1.54) is 24.0 Å². The monoisotopic (exact) mass is 288 g/mol. The molecule has 0 aliphatic carbocycles. The Bertz CT molecular complexity index is 484. The van der Waals surface area contributed by atoms with Gasteiger partial charge in [-0.2, -0.15) is 0 Å². The lowest BCUT2D eigenvalue weighted by Gasteiger charge is -2.31. The molecule has 1 aliphatic heterocycles. The maximum atomic E-state index is 12.2. The van der Waals surface area contributed by atoms with Crippen LogP contribution in [0.25, 0.3) is 0 Å². The van der Waals surface area contributed by atoms with E-state index >= 15 is 0 Å². The summed E-state index contributed by atoms with van der Waals surface area (Å²) in [5.41, 5.74) is 2.43. The number of rotatable bonds is 6. The van der Waals surface area contributed by atoms with Crippen molar-refractivity contribution in [2.75, 3.05) is 6.54 Å². The standard InChI is InChI=1S/C18H28N2O/c1-13(2)7-5-9-15(4)20-17(21)12-19-18(20)16-10-6-8-14(3)11-16/h6,8,10-11,13,15,18-19H,5,7,9,12H2,1-4H3. The molecule has 0 bridgehead atoms. The summed E-state index contributed by atoms with van der Waals surface area (Å²) < 4.78 is 0. The molecular formula is C18H28N2O. The lowest BCUT2D eigenvalue weighted by atomic mass is 10.0. The smallest absolute Gasteiger partial charge is 0.238 e. The summed E-state index contributed by atoms with van der Waals surface area (Å²) in [6.07, 6.45) is 3.53. The Balaban J connectivity index is 2.06. The van der Waals surface area contributed by atoms with Crippen LogP contribution in [0.4, 0.5) is 0 Å². The molecule has 1 fully saturated rings. The van der Waals surface area contributed by atoms with Gasteiger partial charge >= 0.3 is 0 Å². The zero-order valence-electron chi connectivity index (χ0n) is 13.7. The average molecular weight is 288 g/mol. The lowest BCUT2D eigenvalue weighted by molar-refractivity contribution is -0.130. The highest BCUT2D eigenvalue weighted by Crippen LogP contribution is 2.27. The summed E-state index contributed by atoms with van der Waals surface area (Å²) in [6, 6.07) is 8.73. The van der Waals surface area contributed by atoms with Gasteiger partial charge in [-0.25, -0.2) is 0 Å². The molecular weight excluding hydrogens is 260 g/mol. The number of carbonyl (C=O) groups is 1. The van der Waals surface area contributed by atoms with Crippen LogP contribution in [0.2, 0.25) is 0 Å². The van der Waals surface area contributed by atoms with E-state index in [0.29, 0.717) is 6.54 Å². The van der Waals surface area contributed by atoms with Gasteiger partial charge in [0.25, 0.3) is 0 Å². The zero-order chi connectivity index (χ0) is 15.4. The Morgan fingerprint density at radius 1 is 1.29 bits per heavy atom. The molecule has 116 valence electrons. The van der Waals surface area contributed by atoms with Crippen molar-refractivity contribution < 1.29 is 4.79 Å². The van der Waals surface area contributed by atoms with Crippen LogP contribution in [0.1, 0.15) is 57.3 Å². The molecule has 2 rings (SSSR count). The maximum absolute atomic E-state index is 12.2. The second kappa shape index (κ2) is 7.08. The molecule has 1 heterocycles. The van der Waals surface area contributed by atoms with Crippen LogP contribution in [-0.4, -0.2) is 23.4 Å². The minimum atomic E-state index is 0.0337. The van der Waals surface area contributed by atoms with Gasteiger partial charge in [0, 0.05) is 6.04 Å². The normalized spacial score (nSPS) is 20.3. The van der Waals surface area contributed by atoms with Crippen LogP contribution in [0, 0.1) is 12.8 Å². The van der Waals surface area contributed by atoms with Crippen molar-refractivity contribution in [1.29, 1.82) is 0 Å². The van der Waals surface area contributed by atoms with Gasteiger partial charge in [0.05, 0.1) is 6.54 Å². The van der Waals surface area contributed by atoms with E-state index in [0.717, 1.165) is 12.3 Å². The van der Waals surface area contributed by atoms with Crippen LogP contribution in [0.5, 0.6) is 0 Å². The Hall–Kier alpha value is -1.35. The Kier molecular flexibility index (Phi) is 5.40. The molecule has 1 saturated heterocycles. The summed E-state index contributed by atoms with van der Waals surface area (Å²) >= 11 is 0. The molecule has 3 nitrogen and oxygen atoms in total. The van der Waals surface area contributed by atoms with Crippen LogP contribution in [-0.2, 0) is 4.79 Å². The fraction of sp³-hybridized carbons (Fsp3) is 0.611. The topological polar surface area (TPSA) is 32.3 Å². The van der Waals surface area contributed by atoms with Gasteiger partial charge in [0.1, 0.15) is 6.17 Å². The molecule has 1 aromatic carbocycles. The molecule has 1 N–H and O–H groups in total. The molecule has 2 unspecified atom stereocenters. The fourth-order valence-electron chi connectivity index (χ4n) is 3.10. The number of nitrogens with zero attached hydrogens (tertiary/aromatic N) is 1. The van der Waals surface area contributed by atoms with E-state index in [1.54, 1.807) is 0 Å². The summed E-state index contributed by atoms with van der Waals surface area (Å²) in [7, 11) is 0. The van der Waals surface area contributed by atoms with Gasteiger partial charge in [-0.1, -0.05) is 56.5 Å². The van der Waals surface area contributed by atoms with E-state index in [9.17, 15) is 4.79 Å². The number of hydrogen-bond acceptors (Lipinski definition) is 2.